The van der Waals surface area contributed by atoms with Crippen LogP contribution in [0.15, 0.2) is 12.4 Å². The van der Waals surface area contributed by atoms with Gasteiger partial charge in [-0.2, -0.15) is 5.10 Å². The molecule has 9 nitrogen and oxygen atoms in total. The fraction of sp³-hybridized carbons (Fsp3) is 0.615. The lowest BCUT2D eigenvalue weighted by molar-refractivity contribution is 0.00431. The summed E-state index contributed by atoms with van der Waals surface area (Å²) >= 11 is 0. The Morgan fingerprint density at radius 2 is 2.26 bits per heavy atom. The quantitative estimate of drug-likeness (QED) is 0.800. The van der Waals surface area contributed by atoms with Crippen molar-refractivity contribution in [2.45, 2.75) is 37.3 Å². The number of fused-ring (bicyclic) bond motifs is 1. The molecule has 3 heterocycles. The molecule has 2 aromatic heterocycles. The Morgan fingerprint density at radius 1 is 1.43 bits per heavy atom. The molecule has 23 heavy (non-hydrogen) atoms. The Kier molecular flexibility index (Phi) is 3.47. The van der Waals surface area contributed by atoms with Gasteiger partial charge in [-0.15, -0.1) is 5.10 Å². The molecule has 1 aliphatic heterocycles. The largest absolute Gasteiger partial charge is 0.369 e. The number of hydrogen-bond acceptors (Lipinski definition) is 6. The van der Waals surface area contributed by atoms with Crippen molar-refractivity contribution in [1.29, 1.82) is 0 Å². The average Bonchev–Trinajstić information content (AvgIpc) is 3.19. The van der Waals surface area contributed by atoms with Gasteiger partial charge >= 0.3 is 0 Å². The molecular weight excluding hydrogens is 320 g/mol. The Bertz CT molecular complexity index is 823. The van der Waals surface area contributed by atoms with E-state index in [9.17, 15) is 8.42 Å². The highest BCUT2D eigenvalue weighted by atomic mass is 32.2. The van der Waals surface area contributed by atoms with E-state index in [2.05, 4.69) is 20.1 Å². The number of sulfonamides is 1. The Morgan fingerprint density at radius 3 is 2.96 bits per heavy atom. The van der Waals surface area contributed by atoms with Gasteiger partial charge in [0.25, 0.3) is 0 Å². The topological polar surface area (TPSA) is 104 Å². The predicted octanol–water partition coefficient (Wildman–Crippen LogP) is -0.341. The lowest BCUT2D eigenvalue weighted by Gasteiger charge is -2.24. The van der Waals surface area contributed by atoms with Crippen molar-refractivity contribution in [3.63, 3.8) is 0 Å². The molecule has 1 N–H and O–H groups in total. The fourth-order valence-electron chi connectivity index (χ4n) is 2.66. The molecule has 1 saturated carbocycles. The van der Waals surface area contributed by atoms with Gasteiger partial charge in [-0.25, -0.2) is 17.8 Å². The van der Waals surface area contributed by atoms with Crippen LogP contribution in [-0.2, 0) is 35.0 Å². The van der Waals surface area contributed by atoms with Gasteiger partial charge in [0.15, 0.2) is 0 Å². The second-order valence-corrected chi connectivity index (χ2v) is 8.04. The molecule has 2 aliphatic rings. The summed E-state index contributed by atoms with van der Waals surface area (Å²) in [6, 6.07) is 0. The minimum Gasteiger partial charge on any atom is -0.369 e. The molecule has 0 saturated heterocycles. The van der Waals surface area contributed by atoms with Gasteiger partial charge in [0, 0.05) is 25.4 Å². The van der Waals surface area contributed by atoms with Gasteiger partial charge in [-0.3, -0.25) is 4.68 Å². The molecule has 4 rings (SSSR count). The summed E-state index contributed by atoms with van der Waals surface area (Å²) in [4.78, 5) is 0. The number of ether oxygens (including phenoxy) is 1. The van der Waals surface area contributed by atoms with Crippen molar-refractivity contribution in [3.05, 3.63) is 18.1 Å². The first-order valence-electron chi connectivity index (χ1n) is 7.54. The molecule has 1 aliphatic carbocycles. The number of nitrogens with one attached hydrogen (secondary N) is 1. The van der Waals surface area contributed by atoms with Gasteiger partial charge in [-0.05, 0) is 12.8 Å². The monoisotopic (exact) mass is 338 g/mol. The molecule has 0 aromatic carbocycles. The third-order valence-corrected chi connectivity index (χ3v) is 6.04. The summed E-state index contributed by atoms with van der Waals surface area (Å²) < 4.78 is 35.6. The zero-order valence-corrected chi connectivity index (χ0v) is 13.5. The molecule has 0 spiro atoms. The lowest BCUT2D eigenvalue weighted by Crippen LogP contribution is -2.40. The summed E-state index contributed by atoms with van der Waals surface area (Å²) in [6.07, 6.45) is 4.88. The zero-order valence-electron chi connectivity index (χ0n) is 12.7. The van der Waals surface area contributed by atoms with Crippen molar-refractivity contribution < 1.29 is 13.2 Å². The van der Waals surface area contributed by atoms with Gasteiger partial charge in [0.1, 0.15) is 5.69 Å². The highest BCUT2D eigenvalue weighted by Crippen LogP contribution is 2.28. The highest BCUT2D eigenvalue weighted by Gasteiger charge is 2.36. The second kappa shape index (κ2) is 5.39. The number of rotatable bonds is 5. The lowest BCUT2D eigenvalue weighted by atomic mass is 10.2. The average molecular weight is 338 g/mol. The molecule has 0 amide bonds. The van der Waals surface area contributed by atoms with Crippen LogP contribution < -0.4 is 4.72 Å². The van der Waals surface area contributed by atoms with E-state index in [1.54, 1.807) is 15.6 Å². The number of nitrogens with zero attached hydrogens (tertiary/aromatic N) is 5. The summed E-state index contributed by atoms with van der Waals surface area (Å²) in [5.41, 5.74) is 2.54. The summed E-state index contributed by atoms with van der Waals surface area (Å²) in [5, 5.41) is 12.3. The van der Waals surface area contributed by atoms with E-state index < -0.39 is 10.0 Å². The number of hydrogen-bond donors (Lipinski definition) is 1. The summed E-state index contributed by atoms with van der Waals surface area (Å²) in [5.74, 6) is 0. The van der Waals surface area contributed by atoms with E-state index in [0.717, 1.165) is 29.8 Å². The normalized spacial score (nSPS) is 21.3. The van der Waals surface area contributed by atoms with Crippen LogP contribution in [0.4, 0.5) is 0 Å². The van der Waals surface area contributed by atoms with Crippen LogP contribution in [0.3, 0.4) is 0 Å². The van der Waals surface area contributed by atoms with Gasteiger partial charge in [-0.1, -0.05) is 5.21 Å². The molecule has 2 aromatic rings. The molecule has 1 fully saturated rings. The molecule has 0 bridgehead atoms. The van der Waals surface area contributed by atoms with E-state index in [0.29, 0.717) is 13.2 Å². The van der Waals surface area contributed by atoms with Gasteiger partial charge in [0.2, 0.25) is 10.0 Å². The summed E-state index contributed by atoms with van der Waals surface area (Å²) in [6.45, 7) is 1.10. The maximum absolute atomic E-state index is 11.9. The molecular formula is C13H18N6O3S. The first kappa shape index (κ1) is 14.8. The zero-order chi connectivity index (χ0) is 16.0. The maximum atomic E-state index is 11.9. The Hall–Kier alpha value is -1.78. The van der Waals surface area contributed by atoms with Crippen LogP contribution in [0.1, 0.15) is 18.5 Å². The third kappa shape index (κ3) is 2.89. The molecule has 124 valence electrons. The van der Waals surface area contributed by atoms with E-state index >= 15 is 0 Å². The summed E-state index contributed by atoms with van der Waals surface area (Å²) in [7, 11) is -1.34. The van der Waals surface area contributed by atoms with Crippen molar-refractivity contribution in [3.8, 4) is 11.3 Å². The van der Waals surface area contributed by atoms with Crippen LogP contribution in [0, 0.1) is 0 Å². The van der Waals surface area contributed by atoms with Crippen molar-refractivity contribution in [1.82, 2.24) is 29.5 Å². The predicted molar refractivity (Wildman–Crippen MR) is 80.7 cm³/mol. The van der Waals surface area contributed by atoms with Crippen LogP contribution >= 0.6 is 0 Å². The van der Waals surface area contributed by atoms with Crippen molar-refractivity contribution in [2.75, 3.05) is 6.54 Å². The Labute approximate surface area is 133 Å². The van der Waals surface area contributed by atoms with Crippen LogP contribution in [-0.4, -0.2) is 51.1 Å². The number of aryl methyl sites for hydroxylation is 1. The third-order valence-electron chi connectivity index (χ3n) is 4.12. The fourth-order valence-corrected chi connectivity index (χ4v) is 4.07. The van der Waals surface area contributed by atoms with E-state index in [1.165, 1.54) is 0 Å². The molecule has 0 radical (unpaired) electrons. The SMILES string of the molecule is Cn1cc(-c2nnn3c2COC(CNS(=O)(=O)C2CC2)C3)cn1. The smallest absolute Gasteiger partial charge is 0.214 e. The Balaban J connectivity index is 1.45. The van der Waals surface area contributed by atoms with Gasteiger partial charge in [0.05, 0.1) is 36.4 Å². The first-order chi connectivity index (χ1) is 11.0. The van der Waals surface area contributed by atoms with Gasteiger partial charge < -0.3 is 4.74 Å². The standard InChI is InChI=1S/C13H18N6O3S/c1-18-6-9(4-14-18)13-12-8-22-10(7-19(12)17-16-13)5-15-23(20,21)11-2-3-11/h4,6,10-11,15H,2-3,5,7-8H2,1H3. The van der Waals surface area contributed by atoms with E-state index in [4.69, 9.17) is 4.74 Å². The van der Waals surface area contributed by atoms with Crippen LogP contribution in [0.2, 0.25) is 0 Å². The maximum Gasteiger partial charge on any atom is 0.214 e. The van der Waals surface area contributed by atoms with E-state index in [1.807, 2.05) is 13.2 Å². The minimum atomic E-state index is -3.19. The second-order valence-electron chi connectivity index (χ2n) is 6.00. The van der Waals surface area contributed by atoms with Crippen LogP contribution in [0.25, 0.3) is 11.3 Å². The molecule has 10 heteroatoms. The number of aromatic nitrogens is 5. The highest BCUT2D eigenvalue weighted by molar-refractivity contribution is 7.90. The minimum absolute atomic E-state index is 0.217. The van der Waals surface area contributed by atoms with Crippen molar-refractivity contribution >= 4 is 10.0 Å². The first-order valence-corrected chi connectivity index (χ1v) is 9.09. The van der Waals surface area contributed by atoms with E-state index in [-0.39, 0.29) is 17.9 Å². The molecule has 1 atom stereocenters. The van der Waals surface area contributed by atoms with Crippen LogP contribution in [0.5, 0.6) is 0 Å². The van der Waals surface area contributed by atoms with Crippen molar-refractivity contribution in [2.24, 2.45) is 7.05 Å². The molecule has 1 unspecified atom stereocenters.